The van der Waals surface area contributed by atoms with Gasteiger partial charge >= 0.3 is 0 Å². The first kappa shape index (κ1) is 13.2. The van der Waals surface area contributed by atoms with Crippen LogP contribution in [0, 0.1) is 25.7 Å². The number of aromatic nitrogens is 1. The fraction of sp³-hybridized carbons (Fsp3) is 0.312. The van der Waals surface area contributed by atoms with Gasteiger partial charge in [0.25, 0.3) is 5.91 Å². The van der Waals surface area contributed by atoms with Crippen molar-refractivity contribution in [1.29, 1.82) is 0 Å². The number of fused-ring (bicyclic) bond motifs is 1. The van der Waals surface area contributed by atoms with Gasteiger partial charge in [-0.1, -0.05) is 0 Å². The first-order valence-electron chi connectivity index (χ1n) is 6.40. The Hall–Kier alpha value is -2.21. The number of rotatable bonds is 3. The van der Waals surface area contributed by atoms with E-state index in [1.54, 1.807) is 6.92 Å². The van der Waals surface area contributed by atoms with Gasteiger partial charge in [0.15, 0.2) is 0 Å². The molecule has 0 fully saturated rings. The molecule has 0 bridgehead atoms. The molecule has 2 N–H and O–H groups in total. The smallest absolute Gasteiger partial charge is 0.251 e. The lowest BCUT2D eigenvalue weighted by atomic mass is 10.1. The van der Waals surface area contributed by atoms with Crippen molar-refractivity contribution in [2.75, 3.05) is 6.54 Å². The highest BCUT2D eigenvalue weighted by atomic mass is 16.1. The van der Waals surface area contributed by atoms with Crippen LogP contribution >= 0.6 is 0 Å². The van der Waals surface area contributed by atoms with Crippen molar-refractivity contribution in [2.45, 2.75) is 27.2 Å². The van der Waals surface area contributed by atoms with Gasteiger partial charge in [0.1, 0.15) is 0 Å². The molecule has 0 atom stereocenters. The third-order valence-electron chi connectivity index (χ3n) is 3.28. The number of aryl methyl sites for hydroxylation is 2. The molecule has 0 aliphatic carbocycles. The quantitative estimate of drug-likeness (QED) is 0.642. The second-order valence-corrected chi connectivity index (χ2v) is 4.57. The lowest BCUT2D eigenvalue weighted by Gasteiger charge is -2.03. The number of benzene rings is 1. The van der Waals surface area contributed by atoms with Crippen molar-refractivity contribution in [1.82, 2.24) is 10.3 Å². The Morgan fingerprint density at radius 3 is 2.89 bits per heavy atom. The average Bonchev–Trinajstić information content (AvgIpc) is 2.70. The first-order chi connectivity index (χ1) is 9.13. The van der Waals surface area contributed by atoms with Crippen molar-refractivity contribution in [2.24, 2.45) is 0 Å². The van der Waals surface area contributed by atoms with Crippen molar-refractivity contribution in [3.05, 3.63) is 35.0 Å². The van der Waals surface area contributed by atoms with Gasteiger partial charge in [-0.25, -0.2) is 0 Å². The van der Waals surface area contributed by atoms with Crippen LogP contribution in [-0.2, 0) is 0 Å². The van der Waals surface area contributed by atoms with Crippen molar-refractivity contribution < 1.29 is 4.79 Å². The molecule has 98 valence electrons. The molecule has 2 aromatic rings. The van der Waals surface area contributed by atoms with Crippen molar-refractivity contribution in [3.63, 3.8) is 0 Å². The fourth-order valence-electron chi connectivity index (χ4n) is 2.07. The molecule has 0 aliphatic rings. The van der Waals surface area contributed by atoms with Crippen LogP contribution in [0.15, 0.2) is 18.2 Å². The van der Waals surface area contributed by atoms with Crippen LogP contribution in [0.1, 0.15) is 35.0 Å². The molecule has 19 heavy (non-hydrogen) atoms. The second kappa shape index (κ2) is 5.62. The van der Waals surface area contributed by atoms with Crippen LogP contribution in [-0.4, -0.2) is 17.4 Å². The summed E-state index contributed by atoms with van der Waals surface area (Å²) in [7, 11) is 0. The predicted octanol–water partition coefficient (Wildman–Crippen LogP) is 2.93. The minimum absolute atomic E-state index is 0.0435. The van der Waals surface area contributed by atoms with E-state index in [4.69, 9.17) is 0 Å². The van der Waals surface area contributed by atoms with E-state index < -0.39 is 0 Å². The van der Waals surface area contributed by atoms with Crippen LogP contribution in [0.2, 0.25) is 0 Å². The molecular weight excluding hydrogens is 236 g/mol. The number of aromatic amines is 1. The number of nitrogens with one attached hydrogen (secondary N) is 2. The van der Waals surface area contributed by atoms with Gasteiger partial charge in [0, 0.05) is 35.1 Å². The van der Waals surface area contributed by atoms with Crippen LogP contribution in [0.3, 0.4) is 0 Å². The van der Waals surface area contributed by atoms with Crippen LogP contribution < -0.4 is 5.32 Å². The minimum Gasteiger partial charge on any atom is -0.358 e. The average molecular weight is 254 g/mol. The van der Waals surface area contributed by atoms with E-state index in [0.29, 0.717) is 18.5 Å². The summed E-state index contributed by atoms with van der Waals surface area (Å²) in [6.07, 6.45) is 0.687. The lowest BCUT2D eigenvalue weighted by molar-refractivity contribution is 0.0954. The van der Waals surface area contributed by atoms with E-state index in [0.717, 1.165) is 16.6 Å². The molecule has 3 nitrogen and oxygen atoms in total. The fourth-order valence-corrected chi connectivity index (χ4v) is 2.07. The summed E-state index contributed by atoms with van der Waals surface area (Å²) in [4.78, 5) is 15.3. The Bertz CT molecular complexity index is 671. The molecule has 0 saturated carbocycles. The molecule has 1 aromatic carbocycles. The van der Waals surface area contributed by atoms with E-state index >= 15 is 0 Å². The molecule has 1 heterocycles. The number of hydrogen-bond donors (Lipinski definition) is 2. The standard InChI is InChI=1S/C16H18N2O/c1-4-5-6-9-17-16(19)13-7-8-15-14(10-13)11(2)12(3)18-15/h7-8,10,18H,6,9H2,1-3H3,(H,17,19). The van der Waals surface area contributed by atoms with E-state index in [9.17, 15) is 4.79 Å². The van der Waals surface area contributed by atoms with Crippen LogP contribution in [0.4, 0.5) is 0 Å². The van der Waals surface area contributed by atoms with Gasteiger partial charge in [-0.05, 0) is 44.5 Å². The van der Waals surface area contributed by atoms with E-state index in [2.05, 4.69) is 29.1 Å². The molecule has 2 rings (SSSR count). The summed E-state index contributed by atoms with van der Waals surface area (Å²) in [5.41, 5.74) is 4.11. The Balaban J connectivity index is 2.17. The summed E-state index contributed by atoms with van der Waals surface area (Å²) >= 11 is 0. The molecule has 3 heteroatoms. The SMILES string of the molecule is CC#CCCNC(=O)c1ccc2[nH]c(C)c(C)c2c1. The minimum atomic E-state index is -0.0435. The zero-order valence-corrected chi connectivity index (χ0v) is 11.6. The van der Waals surface area contributed by atoms with Crippen molar-refractivity contribution >= 4 is 16.8 Å². The monoisotopic (exact) mass is 254 g/mol. The number of amides is 1. The molecule has 0 unspecified atom stereocenters. The van der Waals surface area contributed by atoms with Crippen molar-refractivity contribution in [3.8, 4) is 11.8 Å². The highest BCUT2D eigenvalue weighted by Gasteiger charge is 2.09. The van der Waals surface area contributed by atoms with Crippen LogP contribution in [0.5, 0.6) is 0 Å². The summed E-state index contributed by atoms with van der Waals surface area (Å²) in [6, 6.07) is 5.74. The molecule has 0 spiro atoms. The van der Waals surface area contributed by atoms with Gasteiger partial charge in [0.2, 0.25) is 0 Å². The maximum Gasteiger partial charge on any atom is 0.251 e. The summed E-state index contributed by atoms with van der Waals surface area (Å²) in [6.45, 7) is 6.49. The zero-order chi connectivity index (χ0) is 13.8. The first-order valence-corrected chi connectivity index (χ1v) is 6.40. The van der Waals surface area contributed by atoms with E-state index in [-0.39, 0.29) is 5.91 Å². The number of carbonyl (C=O) groups is 1. The molecule has 0 aliphatic heterocycles. The van der Waals surface area contributed by atoms with E-state index in [1.165, 1.54) is 5.56 Å². The zero-order valence-electron chi connectivity index (χ0n) is 11.6. The molecule has 0 radical (unpaired) electrons. The molecule has 1 aromatic heterocycles. The summed E-state index contributed by atoms with van der Waals surface area (Å²) in [5, 5.41) is 3.98. The maximum absolute atomic E-state index is 12.0. The van der Waals surface area contributed by atoms with Gasteiger partial charge in [-0.15, -0.1) is 11.8 Å². The number of hydrogen-bond acceptors (Lipinski definition) is 1. The predicted molar refractivity (Wildman–Crippen MR) is 78.2 cm³/mol. The van der Waals surface area contributed by atoms with Gasteiger partial charge in [0.05, 0.1) is 0 Å². The largest absolute Gasteiger partial charge is 0.358 e. The Morgan fingerprint density at radius 2 is 2.16 bits per heavy atom. The third kappa shape index (κ3) is 2.79. The Morgan fingerprint density at radius 1 is 1.37 bits per heavy atom. The highest BCUT2D eigenvalue weighted by molar-refractivity contribution is 5.99. The normalized spacial score (nSPS) is 10.1. The van der Waals surface area contributed by atoms with Gasteiger partial charge in [-0.3, -0.25) is 4.79 Å². The summed E-state index contributed by atoms with van der Waals surface area (Å²) < 4.78 is 0. The highest BCUT2D eigenvalue weighted by Crippen LogP contribution is 2.22. The van der Waals surface area contributed by atoms with Gasteiger partial charge < -0.3 is 10.3 Å². The maximum atomic E-state index is 12.0. The third-order valence-corrected chi connectivity index (χ3v) is 3.28. The lowest BCUT2D eigenvalue weighted by Crippen LogP contribution is -2.24. The number of carbonyl (C=O) groups excluding carboxylic acids is 1. The molecule has 1 amide bonds. The topological polar surface area (TPSA) is 44.9 Å². The Labute approximate surface area is 113 Å². The summed E-state index contributed by atoms with van der Waals surface area (Å²) in [5.74, 6) is 5.69. The van der Waals surface area contributed by atoms with Crippen LogP contribution in [0.25, 0.3) is 10.9 Å². The molecular formula is C16H18N2O. The second-order valence-electron chi connectivity index (χ2n) is 4.57. The van der Waals surface area contributed by atoms with Gasteiger partial charge in [-0.2, -0.15) is 0 Å². The van der Waals surface area contributed by atoms with E-state index in [1.807, 2.05) is 25.1 Å². The Kier molecular flexibility index (Phi) is 3.91. The molecule has 0 saturated heterocycles. The number of H-pyrrole nitrogens is 1.